The molecule has 0 aliphatic heterocycles. The van der Waals surface area contributed by atoms with Crippen molar-refractivity contribution in [2.45, 2.75) is 33.8 Å². The number of hydrogen-bond donors (Lipinski definition) is 1. The average Bonchev–Trinajstić information content (AvgIpc) is 2.47. The van der Waals surface area contributed by atoms with E-state index in [0.29, 0.717) is 21.9 Å². The molecule has 4 heteroatoms. The molecule has 2 aromatic rings. The van der Waals surface area contributed by atoms with Gasteiger partial charge in [-0.2, -0.15) is 0 Å². The SMILES string of the molecule is Cc1ccc(/C(=C/c2cc(Cl)ccc2OC(C)C)C(=O)O)c(C)c1. The number of halogens is 1. The molecule has 0 fully saturated rings. The minimum Gasteiger partial charge on any atom is -0.490 e. The first-order valence-electron chi connectivity index (χ1n) is 7.76. The number of carboxylic acid groups (broad SMARTS) is 1. The summed E-state index contributed by atoms with van der Waals surface area (Å²) in [4.78, 5) is 11.8. The second-order valence-corrected chi connectivity index (χ2v) is 6.47. The van der Waals surface area contributed by atoms with E-state index in [0.717, 1.165) is 11.1 Å². The van der Waals surface area contributed by atoms with Crippen LogP contribution < -0.4 is 4.74 Å². The summed E-state index contributed by atoms with van der Waals surface area (Å²) in [6.07, 6.45) is 1.59. The first-order valence-corrected chi connectivity index (χ1v) is 8.14. The lowest BCUT2D eigenvalue weighted by Gasteiger charge is -2.14. The maximum Gasteiger partial charge on any atom is 0.336 e. The summed E-state index contributed by atoms with van der Waals surface area (Å²) in [7, 11) is 0. The van der Waals surface area contributed by atoms with Gasteiger partial charge in [-0.15, -0.1) is 0 Å². The van der Waals surface area contributed by atoms with Gasteiger partial charge in [0.1, 0.15) is 5.75 Å². The van der Waals surface area contributed by atoms with E-state index < -0.39 is 5.97 Å². The highest BCUT2D eigenvalue weighted by atomic mass is 35.5. The Kier molecular flexibility index (Phi) is 5.68. The van der Waals surface area contributed by atoms with Gasteiger partial charge in [-0.1, -0.05) is 35.4 Å². The fraction of sp³-hybridized carbons (Fsp3) is 0.250. The van der Waals surface area contributed by atoms with Crippen molar-refractivity contribution in [1.82, 2.24) is 0 Å². The largest absolute Gasteiger partial charge is 0.490 e. The lowest BCUT2D eigenvalue weighted by Crippen LogP contribution is -2.07. The van der Waals surface area contributed by atoms with E-state index in [9.17, 15) is 9.90 Å². The lowest BCUT2D eigenvalue weighted by molar-refractivity contribution is -0.130. The average molecular weight is 345 g/mol. The third-order valence-electron chi connectivity index (χ3n) is 3.54. The van der Waals surface area contributed by atoms with E-state index in [-0.39, 0.29) is 11.7 Å². The molecule has 126 valence electrons. The Bertz CT molecular complexity index is 791. The fourth-order valence-corrected chi connectivity index (χ4v) is 2.70. The van der Waals surface area contributed by atoms with Crippen molar-refractivity contribution in [3.8, 4) is 5.75 Å². The topological polar surface area (TPSA) is 46.5 Å². The number of carbonyl (C=O) groups is 1. The molecule has 0 aliphatic rings. The molecule has 0 saturated heterocycles. The van der Waals surface area contributed by atoms with Crippen molar-refractivity contribution in [1.29, 1.82) is 0 Å². The number of benzene rings is 2. The van der Waals surface area contributed by atoms with Gasteiger partial charge in [0.05, 0.1) is 11.7 Å². The van der Waals surface area contributed by atoms with Crippen LogP contribution in [-0.4, -0.2) is 17.2 Å². The van der Waals surface area contributed by atoms with Crippen LogP contribution in [0.5, 0.6) is 5.75 Å². The second kappa shape index (κ2) is 7.54. The Morgan fingerprint density at radius 1 is 1.17 bits per heavy atom. The van der Waals surface area contributed by atoms with Gasteiger partial charge in [-0.05, 0) is 63.1 Å². The van der Waals surface area contributed by atoms with Gasteiger partial charge in [0.15, 0.2) is 0 Å². The third-order valence-corrected chi connectivity index (χ3v) is 3.77. The van der Waals surface area contributed by atoms with Crippen LogP contribution in [0, 0.1) is 13.8 Å². The van der Waals surface area contributed by atoms with Gasteiger partial charge >= 0.3 is 5.97 Å². The minimum absolute atomic E-state index is 0.0206. The molecular weight excluding hydrogens is 324 g/mol. The molecule has 0 heterocycles. The van der Waals surface area contributed by atoms with Crippen molar-refractivity contribution >= 4 is 29.2 Å². The molecule has 0 atom stereocenters. The highest BCUT2D eigenvalue weighted by Gasteiger charge is 2.15. The summed E-state index contributed by atoms with van der Waals surface area (Å²) < 4.78 is 5.77. The van der Waals surface area contributed by atoms with E-state index in [2.05, 4.69) is 0 Å². The molecule has 0 saturated carbocycles. The Hall–Kier alpha value is -2.26. The van der Waals surface area contributed by atoms with Gasteiger partial charge in [-0.25, -0.2) is 4.79 Å². The number of hydrogen-bond acceptors (Lipinski definition) is 2. The monoisotopic (exact) mass is 344 g/mol. The van der Waals surface area contributed by atoms with Gasteiger partial charge in [-0.3, -0.25) is 0 Å². The molecule has 24 heavy (non-hydrogen) atoms. The van der Waals surface area contributed by atoms with Crippen LogP contribution in [0.4, 0.5) is 0 Å². The van der Waals surface area contributed by atoms with Crippen molar-refractivity contribution < 1.29 is 14.6 Å². The smallest absolute Gasteiger partial charge is 0.336 e. The van der Waals surface area contributed by atoms with Crippen LogP contribution >= 0.6 is 11.6 Å². The normalized spacial score (nSPS) is 11.7. The van der Waals surface area contributed by atoms with Gasteiger partial charge in [0.2, 0.25) is 0 Å². The van der Waals surface area contributed by atoms with Gasteiger partial charge < -0.3 is 9.84 Å². The molecule has 0 amide bonds. The highest BCUT2D eigenvalue weighted by molar-refractivity contribution is 6.31. The minimum atomic E-state index is -0.988. The Balaban J connectivity index is 2.60. The Morgan fingerprint density at radius 3 is 2.46 bits per heavy atom. The summed E-state index contributed by atoms with van der Waals surface area (Å²) in [5, 5.41) is 10.2. The van der Waals surface area contributed by atoms with Gasteiger partial charge in [0, 0.05) is 10.6 Å². The van der Waals surface area contributed by atoms with Crippen LogP contribution in [0.25, 0.3) is 11.6 Å². The predicted octanol–water partition coefficient (Wildman–Crippen LogP) is 5.37. The van der Waals surface area contributed by atoms with Crippen LogP contribution in [0.3, 0.4) is 0 Å². The number of aryl methyl sites for hydroxylation is 2. The standard InChI is InChI=1S/C20H21ClO3/c1-12(2)24-19-8-6-16(21)10-15(19)11-18(20(22)23)17-7-5-13(3)9-14(17)4/h5-12H,1-4H3,(H,22,23)/b18-11-. The van der Waals surface area contributed by atoms with E-state index >= 15 is 0 Å². The zero-order chi connectivity index (χ0) is 17.9. The quantitative estimate of drug-likeness (QED) is 0.586. The molecule has 2 aromatic carbocycles. The summed E-state index contributed by atoms with van der Waals surface area (Å²) >= 11 is 6.08. The maximum absolute atomic E-state index is 11.8. The first-order chi connectivity index (χ1) is 11.3. The van der Waals surface area contributed by atoms with Crippen LogP contribution in [0.2, 0.25) is 5.02 Å². The number of carboxylic acids is 1. The van der Waals surface area contributed by atoms with E-state index in [1.54, 1.807) is 24.3 Å². The first kappa shape index (κ1) is 18.1. The van der Waals surface area contributed by atoms with Crippen LogP contribution in [0.1, 0.15) is 36.1 Å². The Morgan fingerprint density at radius 2 is 1.88 bits per heavy atom. The van der Waals surface area contributed by atoms with Crippen LogP contribution in [0.15, 0.2) is 36.4 Å². The number of ether oxygens (including phenoxy) is 1. The maximum atomic E-state index is 11.8. The number of aliphatic carboxylic acids is 1. The summed E-state index contributed by atoms with van der Waals surface area (Å²) in [5.41, 5.74) is 3.55. The molecule has 0 bridgehead atoms. The third kappa shape index (κ3) is 4.39. The number of rotatable bonds is 5. The lowest BCUT2D eigenvalue weighted by atomic mass is 9.96. The van der Waals surface area contributed by atoms with E-state index in [1.807, 2.05) is 45.9 Å². The summed E-state index contributed by atoms with van der Waals surface area (Å²) in [6.45, 7) is 7.73. The second-order valence-electron chi connectivity index (χ2n) is 6.03. The molecule has 0 spiro atoms. The van der Waals surface area contributed by atoms with Crippen molar-refractivity contribution in [3.63, 3.8) is 0 Å². The molecule has 0 unspecified atom stereocenters. The summed E-state index contributed by atoms with van der Waals surface area (Å²) in [5.74, 6) is -0.379. The van der Waals surface area contributed by atoms with Crippen molar-refractivity contribution in [2.75, 3.05) is 0 Å². The van der Waals surface area contributed by atoms with Gasteiger partial charge in [0.25, 0.3) is 0 Å². The molecule has 3 nitrogen and oxygen atoms in total. The molecular formula is C20H21ClO3. The van der Waals surface area contributed by atoms with E-state index in [4.69, 9.17) is 16.3 Å². The van der Waals surface area contributed by atoms with Crippen molar-refractivity contribution in [2.24, 2.45) is 0 Å². The molecule has 2 rings (SSSR count). The summed E-state index contributed by atoms with van der Waals surface area (Å²) in [6, 6.07) is 10.9. The highest BCUT2D eigenvalue weighted by Crippen LogP contribution is 2.30. The molecule has 0 aliphatic carbocycles. The zero-order valence-electron chi connectivity index (χ0n) is 14.3. The van der Waals surface area contributed by atoms with Crippen molar-refractivity contribution in [3.05, 3.63) is 63.7 Å². The van der Waals surface area contributed by atoms with E-state index in [1.165, 1.54) is 0 Å². The molecule has 0 radical (unpaired) electrons. The fourth-order valence-electron chi connectivity index (χ4n) is 2.52. The predicted molar refractivity (Wildman–Crippen MR) is 98.6 cm³/mol. The Labute approximate surface area is 147 Å². The van der Waals surface area contributed by atoms with Crippen LogP contribution in [-0.2, 0) is 4.79 Å². The molecule has 0 aromatic heterocycles. The zero-order valence-corrected chi connectivity index (χ0v) is 15.0. The molecule has 1 N–H and O–H groups in total.